The molecule has 3 aromatic carbocycles. The van der Waals surface area contributed by atoms with Crippen LogP contribution in [0.15, 0.2) is 71.6 Å². The number of nitrogens with zero attached hydrogens (tertiary/aromatic N) is 2. The van der Waals surface area contributed by atoms with E-state index in [1.807, 2.05) is 31.2 Å². The predicted octanol–water partition coefficient (Wildman–Crippen LogP) is 5.18. The van der Waals surface area contributed by atoms with Crippen LogP contribution in [0.25, 0.3) is 10.2 Å². The first-order valence-electron chi connectivity index (χ1n) is 11.4. The van der Waals surface area contributed by atoms with Crippen molar-refractivity contribution in [1.29, 1.82) is 0 Å². The highest BCUT2D eigenvalue weighted by Crippen LogP contribution is 2.37. The van der Waals surface area contributed by atoms with E-state index in [9.17, 15) is 18.3 Å². The number of aromatic nitrogens is 1. The second-order valence-electron chi connectivity index (χ2n) is 8.82. The molecule has 36 heavy (non-hydrogen) atoms. The molecule has 10 heteroatoms. The van der Waals surface area contributed by atoms with Crippen LogP contribution in [0.5, 0.6) is 0 Å². The second kappa shape index (κ2) is 9.48. The number of sulfonamides is 1. The number of carbonyl (C=O) groups is 1. The molecule has 1 aliphatic rings. The highest BCUT2D eigenvalue weighted by Gasteiger charge is 2.37. The van der Waals surface area contributed by atoms with Crippen LogP contribution in [0.2, 0.25) is 5.02 Å². The summed E-state index contributed by atoms with van der Waals surface area (Å²) >= 11 is 7.72. The van der Waals surface area contributed by atoms with E-state index in [2.05, 4.69) is 9.71 Å². The van der Waals surface area contributed by atoms with Crippen molar-refractivity contribution in [2.75, 3.05) is 17.8 Å². The van der Waals surface area contributed by atoms with Gasteiger partial charge in [0.05, 0.1) is 15.3 Å². The van der Waals surface area contributed by atoms with Crippen molar-refractivity contribution in [1.82, 2.24) is 9.88 Å². The average Bonchev–Trinajstić information content (AvgIpc) is 3.24. The Kier molecular flexibility index (Phi) is 6.50. The number of piperidine rings is 1. The van der Waals surface area contributed by atoms with Crippen molar-refractivity contribution < 1.29 is 18.3 Å². The van der Waals surface area contributed by atoms with E-state index in [1.165, 1.54) is 17.4 Å². The van der Waals surface area contributed by atoms with Crippen molar-refractivity contribution in [3.8, 4) is 0 Å². The molecule has 4 aromatic rings. The van der Waals surface area contributed by atoms with Crippen LogP contribution in [0, 0.1) is 6.92 Å². The molecule has 1 saturated heterocycles. The number of benzene rings is 3. The van der Waals surface area contributed by atoms with Crippen LogP contribution in [0.4, 0.5) is 5.69 Å². The van der Waals surface area contributed by atoms with Gasteiger partial charge in [0.1, 0.15) is 10.4 Å². The SMILES string of the molecule is Cc1nc2c(S(=O)(=O)Nc3ccc(C(=O)N4CCC(O)(c5ccccc5Cl)CC4)cc3)cccc2s1. The smallest absolute Gasteiger partial charge is 0.264 e. The summed E-state index contributed by atoms with van der Waals surface area (Å²) in [6.07, 6.45) is 0.754. The summed E-state index contributed by atoms with van der Waals surface area (Å²) in [6.45, 7) is 2.60. The number of hydrogen-bond acceptors (Lipinski definition) is 6. The molecule has 0 spiro atoms. The predicted molar refractivity (Wildman–Crippen MR) is 142 cm³/mol. The van der Waals surface area contributed by atoms with Gasteiger partial charge in [0.25, 0.3) is 15.9 Å². The van der Waals surface area contributed by atoms with Gasteiger partial charge >= 0.3 is 0 Å². The molecule has 2 heterocycles. The Hall–Kier alpha value is -2.98. The highest BCUT2D eigenvalue weighted by atomic mass is 35.5. The summed E-state index contributed by atoms with van der Waals surface area (Å²) in [5.41, 5.74) is 0.844. The maximum absolute atomic E-state index is 13.1. The lowest BCUT2D eigenvalue weighted by Crippen LogP contribution is -2.45. The quantitative estimate of drug-likeness (QED) is 0.362. The number of para-hydroxylation sites is 1. The molecule has 5 rings (SSSR count). The number of carbonyl (C=O) groups excluding carboxylic acids is 1. The number of anilines is 1. The number of fused-ring (bicyclic) bond motifs is 1. The van der Waals surface area contributed by atoms with Crippen molar-refractivity contribution in [3.05, 3.63) is 87.9 Å². The zero-order valence-corrected chi connectivity index (χ0v) is 21.8. The number of aliphatic hydroxyl groups is 1. The molecule has 0 atom stereocenters. The lowest BCUT2D eigenvalue weighted by molar-refractivity contribution is -0.0210. The van der Waals surface area contributed by atoms with Crippen molar-refractivity contribution in [2.24, 2.45) is 0 Å². The summed E-state index contributed by atoms with van der Waals surface area (Å²) in [6, 6.07) is 18.6. The normalized spacial score (nSPS) is 15.7. The molecule has 0 bridgehead atoms. The van der Waals surface area contributed by atoms with Crippen LogP contribution in [-0.4, -0.2) is 42.4 Å². The van der Waals surface area contributed by atoms with Crippen LogP contribution in [0.1, 0.15) is 33.8 Å². The van der Waals surface area contributed by atoms with Crippen LogP contribution < -0.4 is 4.72 Å². The van der Waals surface area contributed by atoms with Crippen molar-refractivity contribution in [3.63, 3.8) is 0 Å². The first kappa shape index (κ1) is 24.7. The first-order valence-corrected chi connectivity index (χ1v) is 14.1. The molecule has 7 nitrogen and oxygen atoms in total. The minimum absolute atomic E-state index is 0.115. The van der Waals surface area contributed by atoms with Crippen LogP contribution in [-0.2, 0) is 15.6 Å². The summed E-state index contributed by atoms with van der Waals surface area (Å²) in [4.78, 5) is 19.2. The minimum atomic E-state index is -3.86. The number of rotatable bonds is 5. The van der Waals surface area contributed by atoms with Gasteiger partial charge in [-0.3, -0.25) is 9.52 Å². The van der Waals surface area contributed by atoms with E-state index in [0.717, 1.165) is 9.71 Å². The third-order valence-corrected chi connectivity index (χ3v) is 9.09. The van der Waals surface area contributed by atoms with E-state index < -0.39 is 15.6 Å². The van der Waals surface area contributed by atoms with Gasteiger partial charge in [-0.25, -0.2) is 13.4 Å². The summed E-state index contributed by atoms with van der Waals surface area (Å²) in [5.74, 6) is -0.173. The van der Waals surface area contributed by atoms with Gasteiger partial charge in [-0.1, -0.05) is 35.9 Å². The fraction of sp³-hybridized carbons (Fsp3) is 0.231. The fourth-order valence-electron chi connectivity index (χ4n) is 4.51. The third-order valence-electron chi connectivity index (χ3n) is 6.42. The summed E-state index contributed by atoms with van der Waals surface area (Å²) in [5, 5.41) is 12.4. The topological polar surface area (TPSA) is 99.6 Å². The number of nitrogens with one attached hydrogen (secondary N) is 1. The number of thiazole rings is 1. The Morgan fingerprint density at radius 2 is 1.75 bits per heavy atom. The Balaban J connectivity index is 1.27. The molecule has 1 amide bonds. The maximum atomic E-state index is 13.1. The number of hydrogen-bond donors (Lipinski definition) is 2. The molecule has 186 valence electrons. The number of likely N-dealkylation sites (tertiary alicyclic amines) is 1. The van der Waals surface area contributed by atoms with E-state index in [1.54, 1.807) is 41.3 Å². The average molecular weight is 542 g/mol. The van der Waals surface area contributed by atoms with E-state index in [-0.39, 0.29) is 10.8 Å². The number of halogens is 1. The Morgan fingerprint density at radius 1 is 1.06 bits per heavy atom. The Morgan fingerprint density at radius 3 is 2.44 bits per heavy atom. The van der Waals surface area contributed by atoms with Gasteiger partial charge in [-0.15, -0.1) is 11.3 Å². The molecule has 1 fully saturated rings. The van der Waals surface area contributed by atoms with Gasteiger partial charge in [-0.05, 0) is 62.2 Å². The number of aryl methyl sites for hydroxylation is 1. The van der Waals surface area contributed by atoms with Crippen LogP contribution in [0.3, 0.4) is 0 Å². The van der Waals surface area contributed by atoms with Gasteiger partial charge < -0.3 is 10.0 Å². The Bertz CT molecular complexity index is 1540. The first-order chi connectivity index (χ1) is 17.2. The number of amides is 1. The lowest BCUT2D eigenvalue weighted by Gasteiger charge is -2.39. The van der Waals surface area contributed by atoms with Crippen molar-refractivity contribution in [2.45, 2.75) is 30.3 Å². The molecule has 2 N–H and O–H groups in total. The van der Waals surface area contributed by atoms with E-state index in [0.29, 0.717) is 53.3 Å². The minimum Gasteiger partial charge on any atom is -0.385 e. The molecule has 0 radical (unpaired) electrons. The summed E-state index contributed by atoms with van der Waals surface area (Å²) < 4.78 is 29.5. The van der Waals surface area contributed by atoms with Crippen LogP contribution >= 0.6 is 22.9 Å². The molecule has 1 aromatic heterocycles. The highest BCUT2D eigenvalue weighted by molar-refractivity contribution is 7.93. The molecular weight excluding hydrogens is 518 g/mol. The Labute approximate surface area is 218 Å². The third kappa shape index (κ3) is 4.71. The molecule has 1 aliphatic heterocycles. The molecule has 0 aliphatic carbocycles. The fourth-order valence-corrected chi connectivity index (χ4v) is 6.97. The maximum Gasteiger partial charge on any atom is 0.264 e. The second-order valence-corrected chi connectivity index (χ2v) is 12.1. The summed E-state index contributed by atoms with van der Waals surface area (Å²) in [7, 11) is -3.86. The van der Waals surface area contributed by atoms with Gasteiger partial charge in [0.15, 0.2) is 0 Å². The lowest BCUT2D eigenvalue weighted by atomic mass is 9.84. The zero-order chi connectivity index (χ0) is 25.5. The molecular formula is C26H24ClN3O4S2. The zero-order valence-electron chi connectivity index (χ0n) is 19.4. The van der Waals surface area contributed by atoms with Gasteiger partial charge in [0, 0.05) is 34.9 Å². The van der Waals surface area contributed by atoms with E-state index in [4.69, 9.17) is 11.6 Å². The molecule has 0 saturated carbocycles. The van der Waals surface area contributed by atoms with Gasteiger partial charge in [-0.2, -0.15) is 0 Å². The molecule has 0 unspecified atom stereocenters. The standard InChI is InChI=1S/C26H24ClN3O4S2/c1-17-28-24-22(35-17)7-4-8-23(24)36(33,34)29-19-11-9-18(10-12-19)25(31)30-15-13-26(32,14-16-30)20-5-2-3-6-21(20)27/h2-12,29,32H,13-16H2,1H3. The largest absolute Gasteiger partial charge is 0.385 e. The monoisotopic (exact) mass is 541 g/mol. The van der Waals surface area contributed by atoms with Crippen molar-refractivity contribution >= 4 is 54.8 Å². The van der Waals surface area contributed by atoms with Gasteiger partial charge in [0.2, 0.25) is 0 Å². The van der Waals surface area contributed by atoms with E-state index >= 15 is 0 Å².